The highest BCUT2D eigenvalue weighted by atomic mass is 16.6. The highest BCUT2D eigenvalue weighted by molar-refractivity contribution is 5.98. The number of hydrogen-bond donors (Lipinski definition) is 1. The molecular weight excluding hydrogens is 370 g/mol. The number of allylic oxidation sites excluding steroid dienone is 1. The van der Waals surface area contributed by atoms with Crippen molar-refractivity contribution >= 4 is 18.1 Å². The zero-order chi connectivity index (χ0) is 21.2. The summed E-state index contributed by atoms with van der Waals surface area (Å²) in [5.41, 5.74) is 1.47. The number of carbonyl (C=O) groups excluding carboxylic acids is 2. The second-order valence-corrected chi connectivity index (χ2v) is 8.91. The third kappa shape index (κ3) is 5.08. The monoisotopic (exact) mass is 401 g/mol. The minimum Gasteiger partial charge on any atom is -0.444 e. The van der Waals surface area contributed by atoms with Gasteiger partial charge < -0.3 is 19.5 Å². The summed E-state index contributed by atoms with van der Waals surface area (Å²) in [5, 5.41) is 2.99. The number of fused-ring (bicyclic) bond motifs is 1. The van der Waals surface area contributed by atoms with E-state index in [4.69, 9.17) is 4.74 Å². The third-order valence-corrected chi connectivity index (χ3v) is 5.47. The molecule has 0 aromatic carbocycles. The van der Waals surface area contributed by atoms with Crippen LogP contribution in [0.15, 0.2) is 17.1 Å². The smallest absolute Gasteiger partial charge is 0.410 e. The van der Waals surface area contributed by atoms with Crippen molar-refractivity contribution in [2.24, 2.45) is 13.0 Å². The summed E-state index contributed by atoms with van der Waals surface area (Å²) >= 11 is 0. The number of pyridine rings is 1. The van der Waals surface area contributed by atoms with Crippen LogP contribution in [0.1, 0.15) is 61.5 Å². The van der Waals surface area contributed by atoms with Gasteiger partial charge in [0.1, 0.15) is 5.60 Å². The number of nitrogens with one attached hydrogen (secondary N) is 1. The van der Waals surface area contributed by atoms with Crippen molar-refractivity contribution in [2.45, 2.75) is 52.1 Å². The summed E-state index contributed by atoms with van der Waals surface area (Å²) in [5.74, 6) is 0.328. The number of rotatable bonds is 4. The van der Waals surface area contributed by atoms with Crippen molar-refractivity contribution in [3.8, 4) is 0 Å². The molecule has 2 aliphatic rings. The largest absolute Gasteiger partial charge is 0.444 e. The molecule has 158 valence electrons. The summed E-state index contributed by atoms with van der Waals surface area (Å²) in [4.78, 5) is 38.7. The Hall–Kier alpha value is -2.57. The van der Waals surface area contributed by atoms with E-state index >= 15 is 0 Å². The van der Waals surface area contributed by atoms with Gasteiger partial charge >= 0.3 is 6.09 Å². The molecular formula is C22H31N3O4. The first kappa shape index (κ1) is 21.1. The average molecular weight is 402 g/mol. The molecule has 0 radical (unpaired) electrons. The fourth-order valence-electron chi connectivity index (χ4n) is 3.89. The summed E-state index contributed by atoms with van der Waals surface area (Å²) in [7, 11) is 1.68. The molecule has 0 spiro atoms. The lowest BCUT2D eigenvalue weighted by Gasteiger charge is -2.33. The first-order chi connectivity index (χ1) is 13.7. The van der Waals surface area contributed by atoms with Crippen LogP contribution in [-0.4, -0.2) is 46.7 Å². The molecule has 0 bridgehead atoms. The van der Waals surface area contributed by atoms with Crippen molar-refractivity contribution in [2.75, 3.05) is 19.6 Å². The zero-order valence-corrected chi connectivity index (χ0v) is 17.8. The summed E-state index contributed by atoms with van der Waals surface area (Å²) in [6.45, 7) is 7.57. The number of likely N-dealkylation sites (tertiary alicyclic amines) is 1. The summed E-state index contributed by atoms with van der Waals surface area (Å²) < 4.78 is 6.91. The van der Waals surface area contributed by atoms with E-state index in [1.165, 1.54) is 4.57 Å². The molecule has 1 N–H and O–H groups in total. The minimum absolute atomic E-state index is 0.0432. The third-order valence-electron chi connectivity index (χ3n) is 5.47. The van der Waals surface area contributed by atoms with Crippen LogP contribution in [-0.2, 0) is 18.2 Å². The molecule has 1 aromatic heterocycles. The Morgan fingerprint density at radius 1 is 1.24 bits per heavy atom. The second-order valence-electron chi connectivity index (χ2n) is 8.91. The lowest BCUT2D eigenvalue weighted by atomic mass is 9.93. The van der Waals surface area contributed by atoms with Gasteiger partial charge in [0.15, 0.2) is 0 Å². The van der Waals surface area contributed by atoms with Gasteiger partial charge in [-0.25, -0.2) is 4.79 Å². The molecule has 1 saturated heterocycles. The average Bonchev–Trinajstić information content (AvgIpc) is 3.13. The van der Waals surface area contributed by atoms with Gasteiger partial charge in [-0.05, 0) is 57.9 Å². The number of ether oxygens (including phenoxy) is 1. The van der Waals surface area contributed by atoms with Crippen LogP contribution in [0.3, 0.4) is 0 Å². The standard InChI is InChI=1S/C22H31N3O4/c1-22(2,3)29-21(28)25-12-9-15(10-13-25)8-11-23-19(26)18-14-24(4)20(27)17-7-5-6-16(17)18/h5-6,14-15H,7-13H2,1-4H3,(H,23,26). The molecule has 1 aliphatic carbocycles. The predicted molar refractivity (Wildman–Crippen MR) is 112 cm³/mol. The molecule has 3 rings (SSSR count). The van der Waals surface area contributed by atoms with Crippen LogP contribution in [0.4, 0.5) is 4.79 Å². The maximum absolute atomic E-state index is 12.7. The van der Waals surface area contributed by atoms with Crippen LogP contribution in [0.2, 0.25) is 0 Å². The number of aromatic nitrogens is 1. The van der Waals surface area contributed by atoms with Crippen molar-refractivity contribution in [3.05, 3.63) is 39.3 Å². The molecule has 7 heteroatoms. The highest BCUT2D eigenvalue weighted by Crippen LogP contribution is 2.23. The van der Waals surface area contributed by atoms with E-state index in [1.54, 1.807) is 18.1 Å². The van der Waals surface area contributed by atoms with E-state index in [0.717, 1.165) is 24.8 Å². The van der Waals surface area contributed by atoms with Gasteiger partial charge in [0.2, 0.25) is 0 Å². The van der Waals surface area contributed by atoms with E-state index in [1.807, 2.05) is 32.9 Å². The van der Waals surface area contributed by atoms with Gasteiger partial charge in [-0.2, -0.15) is 0 Å². The molecule has 0 saturated carbocycles. The van der Waals surface area contributed by atoms with Crippen LogP contribution < -0.4 is 10.9 Å². The Morgan fingerprint density at radius 3 is 2.59 bits per heavy atom. The van der Waals surface area contributed by atoms with E-state index in [2.05, 4.69) is 5.32 Å². The zero-order valence-electron chi connectivity index (χ0n) is 17.8. The normalized spacial score (nSPS) is 16.6. The molecule has 7 nitrogen and oxygen atoms in total. The van der Waals surface area contributed by atoms with E-state index in [9.17, 15) is 14.4 Å². The number of hydrogen-bond acceptors (Lipinski definition) is 4. The molecule has 1 aliphatic heterocycles. The molecule has 29 heavy (non-hydrogen) atoms. The maximum Gasteiger partial charge on any atom is 0.410 e. The predicted octanol–water partition coefficient (Wildman–Crippen LogP) is 2.72. The first-order valence-electron chi connectivity index (χ1n) is 10.3. The van der Waals surface area contributed by atoms with Gasteiger partial charge in [-0.3, -0.25) is 9.59 Å². The maximum atomic E-state index is 12.7. The Kier molecular flexibility index (Phi) is 6.15. The fraction of sp³-hybridized carbons (Fsp3) is 0.591. The lowest BCUT2D eigenvalue weighted by Crippen LogP contribution is -2.42. The van der Waals surface area contributed by atoms with Crippen LogP contribution in [0.5, 0.6) is 0 Å². The molecule has 2 amide bonds. The van der Waals surface area contributed by atoms with Gasteiger partial charge in [-0.15, -0.1) is 0 Å². The topological polar surface area (TPSA) is 80.6 Å². The number of aryl methyl sites for hydroxylation is 1. The quantitative estimate of drug-likeness (QED) is 0.841. The van der Waals surface area contributed by atoms with Crippen molar-refractivity contribution in [3.63, 3.8) is 0 Å². The number of piperidine rings is 1. The van der Waals surface area contributed by atoms with Gasteiger partial charge in [0.25, 0.3) is 11.5 Å². The van der Waals surface area contributed by atoms with Gasteiger partial charge in [0, 0.05) is 38.4 Å². The van der Waals surface area contributed by atoms with Crippen molar-refractivity contribution < 1.29 is 14.3 Å². The van der Waals surface area contributed by atoms with E-state index in [-0.39, 0.29) is 17.6 Å². The molecule has 1 aromatic rings. The first-order valence-corrected chi connectivity index (χ1v) is 10.3. The van der Waals surface area contributed by atoms with Crippen molar-refractivity contribution in [1.82, 2.24) is 14.8 Å². The summed E-state index contributed by atoms with van der Waals surface area (Å²) in [6, 6.07) is 0. The van der Waals surface area contributed by atoms with E-state index in [0.29, 0.717) is 43.1 Å². The van der Waals surface area contributed by atoms with Crippen LogP contribution in [0, 0.1) is 5.92 Å². The highest BCUT2D eigenvalue weighted by Gasteiger charge is 2.27. The molecule has 0 atom stereocenters. The Morgan fingerprint density at radius 2 is 1.93 bits per heavy atom. The minimum atomic E-state index is -0.478. The number of nitrogens with zero attached hydrogens (tertiary/aromatic N) is 2. The lowest BCUT2D eigenvalue weighted by molar-refractivity contribution is 0.0182. The fourth-order valence-corrected chi connectivity index (χ4v) is 3.89. The Balaban J connectivity index is 1.47. The Bertz CT molecular complexity index is 871. The molecule has 2 heterocycles. The molecule has 0 unspecified atom stereocenters. The van der Waals surface area contributed by atoms with Gasteiger partial charge in [-0.1, -0.05) is 12.2 Å². The number of amides is 2. The van der Waals surface area contributed by atoms with Gasteiger partial charge in [0.05, 0.1) is 5.56 Å². The van der Waals surface area contributed by atoms with E-state index < -0.39 is 5.60 Å². The van der Waals surface area contributed by atoms with Crippen molar-refractivity contribution in [1.29, 1.82) is 0 Å². The summed E-state index contributed by atoms with van der Waals surface area (Å²) in [6.07, 6.45) is 8.42. The molecule has 1 fully saturated rings. The van der Waals surface area contributed by atoms with Crippen LogP contribution in [0.25, 0.3) is 6.08 Å². The Labute approximate surface area is 171 Å². The SMILES string of the molecule is Cn1cc(C(=O)NCCC2CCN(C(=O)OC(C)(C)C)CC2)c2c(c1=O)CC=C2. The van der Waals surface area contributed by atoms with Crippen LogP contribution >= 0.6 is 0 Å². The number of carbonyl (C=O) groups is 2. The second kappa shape index (κ2) is 8.43.